The van der Waals surface area contributed by atoms with Crippen LogP contribution in [0.25, 0.3) is 0 Å². The molecule has 3 rings (SSSR count). The summed E-state index contributed by atoms with van der Waals surface area (Å²) in [6, 6.07) is 5.36. The number of rotatable bonds is 5. The second-order valence-corrected chi connectivity index (χ2v) is 7.09. The van der Waals surface area contributed by atoms with Gasteiger partial charge in [-0.15, -0.1) is 0 Å². The van der Waals surface area contributed by atoms with Crippen molar-refractivity contribution in [2.75, 3.05) is 13.1 Å². The Hall–Kier alpha value is -2.80. The number of likely N-dealkylation sites (N-methyl/N-ethyl adjacent to an activating group) is 1. The molecule has 0 bridgehead atoms. The molecule has 2 amide bonds. The monoisotopic (exact) mass is 403 g/mol. The zero-order chi connectivity index (χ0) is 20.3. The number of nitrogens with zero attached hydrogens (tertiary/aromatic N) is 3. The summed E-state index contributed by atoms with van der Waals surface area (Å²) in [5.41, 5.74) is 0.934. The van der Waals surface area contributed by atoms with Gasteiger partial charge in [-0.25, -0.2) is 0 Å². The van der Waals surface area contributed by atoms with E-state index in [9.17, 15) is 19.8 Å². The third-order valence-electron chi connectivity index (χ3n) is 4.91. The van der Waals surface area contributed by atoms with Crippen LogP contribution in [-0.4, -0.2) is 55.9 Å². The first kappa shape index (κ1) is 19.9. The van der Waals surface area contributed by atoms with Crippen molar-refractivity contribution < 1.29 is 19.8 Å². The Bertz CT molecular complexity index is 875. The van der Waals surface area contributed by atoms with E-state index in [1.165, 1.54) is 11.0 Å². The molecule has 0 spiro atoms. The summed E-state index contributed by atoms with van der Waals surface area (Å²) >= 11 is 5.89. The maximum Gasteiger partial charge on any atom is 0.258 e. The van der Waals surface area contributed by atoms with E-state index < -0.39 is 11.9 Å². The molecule has 2 N–H and O–H groups in total. The van der Waals surface area contributed by atoms with Crippen molar-refractivity contribution in [3.63, 3.8) is 0 Å². The number of halogens is 1. The van der Waals surface area contributed by atoms with Gasteiger partial charge >= 0.3 is 0 Å². The maximum absolute atomic E-state index is 13.1. The van der Waals surface area contributed by atoms with Crippen molar-refractivity contribution in [3.05, 3.63) is 52.8 Å². The number of pyridine rings is 1. The van der Waals surface area contributed by atoms with Gasteiger partial charge in [0.15, 0.2) is 0 Å². The molecule has 148 valence electrons. The smallest absolute Gasteiger partial charge is 0.258 e. The topological polar surface area (TPSA) is 94.0 Å². The van der Waals surface area contributed by atoms with Crippen molar-refractivity contribution in [1.82, 2.24) is 14.8 Å². The van der Waals surface area contributed by atoms with Gasteiger partial charge in [-0.3, -0.25) is 14.6 Å². The number of carbonyl (C=O) groups excluding carboxylic acids is 2. The van der Waals surface area contributed by atoms with E-state index in [0.717, 1.165) is 11.6 Å². The lowest BCUT2D eigenvalue weighted by Gasteiger charge is -2.30. The average Bonchev–Trinajstić information content (AvgIpc) is 3.18. The fourth-order valence-corrected chi connectivity index (χ4v) is 3.57. The van der Waals surface area contributed by atoms with Gasteiger partial charge in [-0.1, -0.05) is 11.6 Å². The number of benzene rings is 1. The number of hydrogen-bond acceptors (Lipinski definition) is 5. The lowest BCUT2D eigenvalue weighted by molar-refractivity contribution is -0.135. The van der Waals surface area contributed by atoms with Crippen molar-refractivity contribution in [2.24, 2.45) is 0 Å². The Morgan fingerprint density at radius 2 is 1.96 bits per heavy atom. The maximum atomic E-state index is 13.1. The van der Waals surface area contributed by atoms with E-state index in [1.54, 1.807) is 17.3 Å². The van der Waals surface area contributed by atoms with Gasteiger partial charge in [0.05, 0.1) is 10.6 Å². The SMILES string of the molecule is CCN(Cc1ccncc1)C(=O)[C@@H]1CCCN1C(=O)c1cc(Cl)c(O)cc1O. The molecular weight excluding hydrogens is 382 g/mol. The minimum absolute atomic E-state index is 0.0281. The second kappa shape index (κ2) is 8.48. The molecule has 8 heteroatoms. The normalized spacial score (nSPS) is 16.2. The molecule has 1 aromatic heterocycles. The highest BCUT2D eigenvalue weighted by molar-refractivity contribution is 6.32. The van der Waals surface area contributed by atoms with Gasteiger partial charge in [0.1, 0.15) is 17.5 Å². The van der Waals surface area contributed by atoms with Crippen LogP contribution >= 0.6 is 11.6 Å². The van der Waals surface area contributed by atoms with E-state index in [4.69, 9.17) is 11.6 Å². The summed E-state index contributed by atoms with van der Waals surface area (Å²) in [5.74, 6) is -1.28. The Labute approximate surface area is 168 Å². The Morgan fingerprint density at radius 3 is 2.64 bits per heavy atom. The molecule has 7 nitrogen and oxygen atoms in total. The second-order valence-electron chi connectivity index (χ2n) is 6.69. The van der Waals surface area contributed by atoms with Crippen LogP contribution in [0.15, 0.2) is 36.7 Å². The van der Waals surface area contributed by atoms with Crippen molar-refractivity contribution in [1.29, 1.82) is 0 Å². The number of hydrogen-bond donors (Lipinski definition) is 2. The standard InChI is InChI=1S/C20H22ClN3O4/c1-2-23(12-13-5-7-22-8-6-13)20(28)16-4-3-9-24(16)19(27)14-10-15(21)18(26)11-17(14)25/h5-8,10-11,16,25-26H,2-4,9,12H2,1H3/t16-/m0/s1. The van der Waals surface area contributed by atoms with Crippen LogP contribution in [0, 0.1) is 0 Å². The molecule has 28 heavy (non-hydrogen) atoms. The van der Waals surface area contributed by atoms with Gasteiger partial charge in [0.25, 0.3) is 5.91 Å². The molecule has 2 heterocycles. The highest BCUT2D eigenvalue weighted by atomic mass is 35.5. The zero-order valence-electron chi connectivity index (χ0n) is 15.5. The third kappa shape index (κ3) is 4.04. The summed E-state index contributed by atoms with van der Waals surface area (Å²) in [6.07, 6.45) is 4.61. The van der Waals surface area contributed by atoms with Gasteiger partial charge < -0.3 is 20.0 Å². The van der Waals surface area contributed by atoms with E-state index >= 15 is 0 Å². The lowest BCUT2D eigenvalue weighted by Crippen LogP contribution is -2.47. The van der Waals surface area contributed by atoms with Gasteiger partial charge in [-0.05, 0) is 43.5 Å². The molecule has 1 aliphatic heterocycles. The first-order valence-electron chi connectivity index (χ1n) is 9.12. The molecule has 0 radical (unpaired) electrons. The number of carbonyl (C=O) groups is 2. The van der Waals surface area contributed by atoms with E-state index in [1.807, 2.05) is 19.1 Å². The minimum Gasteiger partial charge on any atom is -0.507 e. The Balaban J connectivity index is 1.80. The predicted molar refractivity (Wildman–Crippen MR) is 104 cm³/mol. The molecule has 1 aliphatic rings. The van der Waals surface area contributed by atoms with E-state index in [-0.39, 0.29) is 28.0 Å². The lowest BCUT2D eigenvalue weighted by atomic mass is 10.1. The van der Waals surface area contributed by atoms with E-state index in [0.29, 0.717) is 32.5 Å². The highest BCUT2D eigenvalue weighted by Crippen LogP contribution is 2.33. The number of phenols is 2. The molecular formula is C20H22ClN3O4. The van der Waals surface area contributed by atoms with Crippen LogP contribution in [0.2, 0.25) is 5.02 Å². The summed E-state index contributed by atoms with van der Waals surface area (Å²) < 4.78 is 0. The Kier molecular flexibility index (Phi) is 6.04. The van der Waals surface area contributed by atoms with Crippen LogP contribution in [0.1, 0.15) is 35.7 Å². The zero-order valence-corrected chi connectivity index (χ0v) is 16.3. The minimum atomic E-state index is -0.596. The summed E-state index contributed by atoms with van der Waals surface area (Å²) in [6.45, 7) is 3.26. The van der Waals surface area contributed by atoms with Crippen LogP contribution in [0.5, 0.6) is 11.5 Å². The highest BCUT2D eigenvalue weighted by Gasteiger charge is 2.37. The first-order chi connectivity index (χ1) is 13.4. The van der Waals surface area contributed by atoms with Gasteiger partial charge in [0.2, 0.25) is 5.91 Å². The fraction of sp³-hybridized carbons (Fsp3) is 0.350. The van der Waals surface area contributed by atoms with Crippen LogP contribution in [0.3, 0.4) is 0 Å². The molecule has 1 atom stereocenters. The van der Waals surface area contributed by atoms with Crippen LogP contribution in [-0.2, 0) is 11.3 Å². The number of aromatic hydroxyl groups is 2. The predicted octanol–water partition coefficient (Wildman–Crippen LogP) is 2.80. The summed E-state index contributed by atoms with van der Waals surface area (Å²) in [7, 11) is 0. The van der Waals surface area contributed by atoms with Crippen molar-refractivity contribution >= 4 is 23.4 Å². The fourth-order valence-electron chi connectivity index (χ4n) is 3.41. The average molecular weight is 404 g/mol. The molecule has 0 saturated carbocycles. The molecule has 2 aromatic rings. The number of likely N-dealkylation sites (tertiary alicyclic amines) is 1. The molecule has 1 saturated heterocycles. The number of phenolic OH excluding ortho intramolecular Hbond substituents is 2. The van der Waals surface area contributed by atoms with E-state index in [2.05, 4.69) is 4.98 Å². The quantitative estimate of drug-likeness (QED) is 0.800. The van der Waals surface area contributed by atoms with Gasteiger partial charge in [-0.2, -0.15) is 0 Å². The molecule has 0 aliphatic carbocycles. The van der Waals surface area contributed by atoms with Gasteiger partial charge in [0, 0.05) is 38.1 Å². The summed E-state index contributed by atoms with van der Waals surface area (Å²) in [4.78, 5) is 33.2. The summed E-state index contributed by atoms with van der Waals surface area (Å²) in [5, 5.41) is 19.6. The van der Waals surface area contributed by atoms with Crippen LogP contribution < -0.4 is 0 Å². The first-order valence-corrected chi connectivity index (χ1v) is 9.50. The molecule has 1 aromatic carbocycles. The number of aromatic nitrogens is 1. The van der Waals surface area contributed by atoms with Crippen molar-refractivity contribution in [2.45, 2.75) is 32.4 Å². The molecule has 0 unspecified atom stereocenters. The largest absolute Gasteiger partial charge is 0.507 e. The Morgan fingerprint density at radius 1 is 1.25 bits per heavy atom. The third-order valence-corrected chi connectivity index (χ3v) is 5.21. The van der Waals surface area contributed by atoms with Crippen molar-refractivity contribution in [3.8, 4) is 11.5 Å². The number of amides is 2. The van der Waals surface area contributed by atoms with Crippen LogP contribution in [0.4, 0.5) is 0 Å². The molecule has 1 fully saturated rings.